The van der Waals surface area contributed by atoms with Gasteiger partial charge in [0, 0.05) is 11.3 Å². The molecular formula is C29H22FN3O4S2. The van der Waals surface area contributed by atoms with Crippen LogP contribution < -0.4 is 9.64 Å². The molecule has 0 saturated carbocycles. The predicted octanol–water partition coefficient (Wildman–Crippen LogP) is 6.16. The minimum atomic E-state index is -0.958. The van der Waals surface area contributed by atoms with E-state index >= 15 is 0 Å². The molecule has 0 spiro atoms. The lowest BCUT2D eigenvalue weighted by Crippen LogP contribution is -2.29. The van der Waals surface area contributed by atoms with E-state index in [0.717, 1.165) is 16.9 Å². The molecule has 1 fully saturated rings. The highest BCUT2D eigenvalue weighted by Gasteiger charge is 2.48. The minimum Gasteiger partial charge on any atom is -0.507 e. The molecule has 1 atom stereocenters. The first kappa shape index (κ1) is 26.3. The first-order chi connectivity index (χ1) is 19.0. The van der Waals surface area contributed by atoms with Crippen molar-refractivity contribution in [1.82, 2.24) is 10.2 Å². The highest BCUT2D eigenvalue weighted by atomic mass is 32.2. The summed E-state index contributed by atoms with van der Waals surface area (Å²) in [5.41, 5.74) is 1.82. The maximum atomic E-state index is 13.4. The number of amides is 1. The van der Waals surface area contributed by atoms with Gasteiger partial charge in [0.05, 0.1) is 11.6 Å². The Morgan fingerprint density at radius 2 is 1.85 bits per heavy atom. The zero-order valence-electron chi connectivity index (χ0n) is 20.5. The second-order valence-corrected chi connectivity index (χ2v) is 10.7. The molecule has 39 heavy (non-hydrogen) atoms. The molecule has 1 saturated heterocycles. The fraction of sp³-hybridized carbons (Fsp3) is 0.103. The Hall–Kier alpha value is -4.28. The summed E-state index contributed by atoms with van der Waals surface area (Å²) >= 11 is 2.54. The van der Waals surface area contributed by atoms with Gasteiger partial charge in [0.15, 0.2) is 4.34 Å². The van der Waals surface area contributed by atoms with Crippen LogP contribution >= 0.6 is 23.1 Å². The van der Waals surface area contributed by atoms with Crippen LogP contribution in [0, 0.1) is 5.82 Å². The number of ketones is 1. The number of halogens is 1. The van der Waals surface area contributed by atoms with Crippen LogP contribution in [0.15, 0.2) is 101 Å². The summed E-state index contributed by atoms with van der Waals surface area (Å²) in [6, 6.07) is 20.8. The molecule has 1 N–H and O–H groups in total. The Kier molecular flexibility index (Phi) is 7.85. The number of aliphatic hydroxyl groups excluding tert-OH is 1. The van der Waals surface area contributed by atoms with E-state index < -0.39 is 17.7 Å². The third-order valence-corrected chi connectivity index (χ3v) is 8.04. The van der Waals surface area contributed by atoms with Crippen molar-refractivity contribution < 1.29 is 23.8 Å². The van der Waals surface area contributed by atoms with Gasteiger partial charge in [-0.3, -0.25) is 14.5 Å². The van der Waals surface area contributed by atoms with Crippen LogP contribution in [-0.4, -0.2) is 33.6 Å². The monoisotopic (exact) mass is 559 g/mol. The summed E-state index contributed by atoms with van der Waals surface area (Å²) in [5, 5.41) is 19.9. The quantitative estimate of drug-likeness (QED) is 0.0656. The largest absolute Gasteiger partial charge is 0.507 e. The zero-order valence-corrected chi connectivity index (χ0v) is 22.1. The molecule has 1 aromatic heterocycles. The number of hydrogen-bond donors (Lipinski definition) is 1. The Bertz CT molecular complexity index is 1550. The van der Waals surface area contributed by atoms with Crippen molar-refractivity contribution in [2.45, 2.75) is 16.1 Å². The zero-order chi connectivity index (χ0) is 27.4. The van der Waals surface area contributed by atoms with Gasteiger partial charge in [0.2, 0.25) is 5.13 Å². The van der Waals surface area contributed by atoms with Gasteiger partial charge >= 0.3 is 5.91 Å². The van der Waals surface area contributed by atoms with Crippen molar-refractivity contribution >= 4 is 45.7 Å². The highest BCUT2D eigenvalue weighted by Crippen LogP contribution is 2.44. The van der Waals surface area contributed by atoms with Gasteiger partial charge in [-0.25, -0.2) is 4.39 Å². The van der Waals surface area contributed by atoms with Crippen LogP contribution in [0.4, 0.5) is 9.52 Å². The molecule has 7 nitrogen and oxygen atoms in total. The minimum absolute atomic E-state index is 0.0530. The number of carbonyl (C=O) groups excluding carboxylic acids is 2. The van der Waals surface area contributed by atoms with Gasteiger partial charge in [-0.2, -0.15) is 0 Å². The van der Waals surface area contributed by atoms with Crippen LogP contribution in [0.2, 0.25) is 0 Å². The summed E-state index contributed by atoms with van der Waals surface area (Å²) < 4.78 is 19.5. The van der Waals surface area contributed by atoms with Crippen molar-refractivity contribution in [3.05, 3.63) is 120 Å². The van der Waals surface area contributed by atoms with E-state index in [9.17, 15) is 19.1 Å². The van der Waals surface area contributed by atoms with Gasteiger partial charge in [0.1, 0.15) is 23.9 Å². The van der Waals surface area contributed by atoms with Gasteiger partial charge in [-0.05, 0) is 35.4 Å². The van der Waals surface area contributed by atoms with E-state index in [0.29, 0.717) is 27.0 Å². The molecule has 5 rings (SSSR count). The summed E-state index contributed by atoms with van der Waals surface area (Å²) in [6.07, 6.45) is 1.61. The average molecular weight is 560 g/mol. The third-order valence-electron chi connectivity index (χ3n) is 5.91. The number of anilines is 1. The predicted molar refractivity (Wildman–Crippen MR) is 149 cm³/mol. The number of benzene rings is 3. The van der Waals surface area contributed by atoms with Crippen LogP contribution in [0.1, 0.15) is 22.7 Å². The Morgan fingerprint density at radius 1 is 1.08 bits per heavy atom. The number of thioether (sulfide) groups is 1. The summed E-state index contributed by atoms with van der Waals surface area (Å²) in [5.74, 6) is -1.20. The highest BCUT2D eigenvalue weighted by molar-refractivity contribution is 8.00. The standard InChI is InChI=1S/C29H22FN3O4S2/c1-2-15-37-22-10-6-9-20(16-22)24-23(25(34)19-7-4-3-5-8-19)26(35)27(36)33(24)28-31-32-29(39-28)38-17-18-11-13-21(30)14-12-18/h2-14,16,24,34H,1,15,17H2. The normalized spacial score (nSPS) is 16.4. The topological polar surface area (TPSA) is 92.6 Å². The molecule has 1 aliphatic heterocycles. The molecule has 1 unspecified atom stereocenters. The van der Waals surface area contributed by atoms with Crippen molar-refractivity contribution in [3.63, 3.8) is 0 Å². The molecule has 0 bridgehead atoms. The molecule has 0 aliphatic carbocycles. The van der Waals surface area contributed by atoms with Crippen molar-refractivity contribution in [2.24, 2.45) is 0 Å². The fourth-order valence-corrected chi connectivity index (χ4v) is 5.93. The fourth-order valence-electron chi connectivity index (χ4n) is 4.11. The molecule has 3 aromatic carbocycles. The van der Waals surface area contributed by atoms with E-state index in [1.165, 1.54) is 28.8 Å². The van der Waals surface area contributed by atoms with E-state index in [-0.39, 0.29) is 28.9 Å². The lowest BCUT2D eigenvalue weighted by Gasteiger charge is -2.23. The first-order valence-electron chi connectivity index (χ1n) is 11.9. The van der Waals surface area contributed by atoms with Gasteiger partial charge in [0.25, 0.3) is 5.78 Å². The third kappa shape index (κ3) is 5.62. The summed E-state index contributed by atoms with van der Waals surface area (Å²) in [7, 11) is 0. The Morgan fingerprint density at radius 3 is 2.59 bits per heavy atom. The Balaban J connectivity index is 1.54. The first-order valence-corrected chi connectivity index (χ1v) is 13.7. The number of rotatable bonds is 9. The number of hydrogen-bond acceptors (Lipinski definition) is 8. The maximum Gasteiger partial charge on any atom is 0.301 e. The molecule has 2 heterocycles. The number of aliphatic hydroxyl groups is 1. The second-order valence-electron chi connectivity index (χ2n) is 8.47. The van der Waals surface area contributed by atoms with E-state index in [2.05, 4.69) is 16.8 Å². The van der Waals surface area contributed by atoms with Crippen LogP contribution in [-0.2, 0) is 15.3 Å². The summed E-state index contributed by atoms with van der Waals surface area (Å²) in [4.78, 5) is 28.0. The lowest BCUT2D eigenvalue weighted by molar-refractivity contribution is -0.132. The number of carbonyl (C=O) groups is 2. The Labute approximate surface area is 232 Å². The van der Waals surface area contributed by atoms with Crippen LogP contribution in [0.5, 0.6) is 5.75 Å². The van der Waals surface area contributed by atoms with Crippen molar-refractivity contribution in [1.29, 1.82) is 0 Å². The molecule has 10 heteroatoms. The van der Waals surface area contributed by atoms with Crippen LogP contribution in [0.3, 0.4) is 0 Å². The van der Waals surface area contributed by atoms with Gasteiger partial charge in [-0.1, -0.05) is 90.4 Å². The summed E-state index contributed by atoms with van der Waals surface area (Å²) in [6.45, 7) is 3.94. The number of nitrogens with zero attached hydrogens (tertiary/aromatic N) is 3. The van der Waals surface area contributed by atoms with E-state index in [1.54, 1.807) is 72.8 Å². The molecule has 0 radical (unpaired) electrons. The van der Waals surface area contributed by atoms with Crippen molar-refractivity contribution in [2.75, 3.05) is 11.5 Å². The molecule has 196 valence electrons. The lowest BCUT2D eigenvalue weighted by atomic mass is 9.95. The van der Waals surface area contributed by atoms with Crippen LogP contribution in [0.25, 0.3) is 5.76 Å². The number of aromatic nitrogens is 2. The molecular weight excluding hydrogens is 537 g/mol. The second kappa shape index (κ2) is 11.6. The molecule has 1 aliphatic rings. The van der Waals surface area contributed by atoms with Gasteiger partial charge in [-0.15, -0.1) is 10.2 Å². The number of Topliss-reactive ketones (excluding diaryl/α,β-unsaturated/α-hetero) is 1. The SMILES string of the molecule is C=CCOc1cccc(C2C(=C(O)c3ccccc3)C(=O)C(=O)N2c2nnc(SCc3ccc(F)cc3)s2)c1. The van der Waals surface area contributed by atoms with Crippen molar-refractivity contribution in [3.8, 4) is 5.75 Å². The maximum absolute atomic E-state index is 13.4. The number of ether oxygens (including phenoxy) is 1. The smallest absolute Gasteiger partial charge is 0.301 e. The van der Waals surface area contributed by atoms with E-state index in [1.807, 2.05) is 0 Å². The molecule has 4 aromatic rings. The average Bonchev–Trinajstić information content (AvgIpc) is 3.53. The van der Waals surface area contributed by atoms with E-state index in [4.69, 9.17) is 4.74 Å². The van der Waals surface area contributed by atoms with Gasteiger partial charge < -0.3 is 9.84 Å². The molecule has 1 amide bonds.